The molecule has 0 unspecified atom stereocenters. The number of piperidine rings is 1. The molecule has 1 saturated heterocycles. The topological polar surface area (TPSA) is 34.1 Å². The Morgan fingerprint density at radius 2 is 2.00 bits per heavy atom. The molecular formula is C17H20N2O. The van der Waals surface area contributed by atoms with Crippen molar-refractivity contribution in [2.24, 2.45) is 0 Å². The fourth-order valence-corrected chi connectivity index (χ4v) is 2.55. The SMILES string of the molecule is Cc1ccc(Oc2cccc([C@@H]3CCCNC3)n2)cc1. The average Bonchev–Trinajstić information content (AvgIpc) is 2.51. The zero-order chi connectivity index (χ0) is 13.8. The molecule has 0 aliphatic carbocycles. The van der Waals surface area contributed by atoms with E-state index in [2.05, 4.69) is 23.3 Å². The molecule has 0 spiro atoms. The van der Waals surface area contributed by atoms with Crippen LogP contribution in [0.15, 0.2) is 42.5 Å². The number of nitrogens with zero attached hydrogens (tertiary/aromatic N) is 1. The number of hydrogen-bond donors (Lipinski definition) is 1. The van der Waals surface area contributed by atoms with Gasteiger partial charge in [-0.05, 0) is 44.5 Å². The molecule has 2 aromatic rings. The zero-order valence-electron chi connectivity index (χ0n) is 11.8. The zero-order valence-corrected chi connectivity index (χ0v) is 11.8. The van der Waals surface area contributed by atoms with Crippen molar-refractivity contribution in [2.75, 3.05) is 13.1 Å². The van der Waals surface area contributed by atoms with Crippen LogP contribution < -0.4 is 10.1 Å². The molecule has 1 aromatic carbocycles. The van der Waals surface area contributed by atoms with Gasteiger partial charge in [0.15, 0.2) is 0 Å². The second-order valence-corrected chi connectivity index (χ2v) is 5.36. The summed E-state index contributed by atoms with van der Waals surface area (Å²) in [5.41, 5.74) is 2.36. The minimum atomic E-state index is 0.505. The number of aryl methyl sites for hydroxylation is 1. The molecule has 0 amide bonds. The maximum atomic E-state index is 5.83. The van der Waals surface area contributed by atoms with Crippen LogP contribution in [0.3, 0.4) is 0 Å². The van der Waals surface area contributed by atoms with Crippen molar-refractivity contribution in [2.45, 2.75) is 25.7 Å². The standard InChI is InChI=1S/C17H20N2O/c1-13-7-9-15(10-8-13)20-17-6-2-5-16(19-17)14-4-3-11-18-12-14/h2,5-10,14,18H,3-4,11-12H2,1H3/t14-/m1/s1. The average molecular weight is 268 g/mol. The fraction of sp³-hybridized carbons (Fsp3) is 0.353. The van der Waals surface area contributed by atoms with Crippen LogP contribution in [-0.4, -0.2) is 18.1 Å². The van der Waals surface area contributed by atoms with Crippen molar-refractivity contribution in [3.8, 4) is 11.6 Å². The molecule has 0 bridgehead atoms. The molecule has 20 heavy (non-hydrogen) atoms. The second-order valence-electron chi connectivity index (χ2n) is 5.36. The quantitative estimate of drug-likeness (QED) is 0.922. The Bertz CT molecular complexity index is 559. The first-order valence-corrected chi connectivity index (χ1v) is 7.23. The lowest BCUT2D eigenvalue weighted by Gasteiger charge is -2.22. The number of hydrogen-bond acceptors (Lipinski definition) is 3. The number of aromatic nitrogens is 1. The minimum Gasteiger partial charge on any atom is -0.439 e. The largest absolute Gasteiger partial charge is 0.439 e. The fourth-order valence-electron chi connectivity index (χ4n) is 2.55. The molecule has 1 aromatic heterocycles. The highest BCUT2D eigenvalue weighted by Crippen LogP contribution is 2.25. The van der Waals surface area contributed by atoms with Gasteiger partial charge in [-0.25, -0.2) is 4.98 Å². The Hall–Kier alpha value is -1.87. The van der Waals surface area contributed by atoms with Gasteiger partial charge >= 0.3 is 0 Å². The van der Waals surface area contributed by atoms with Crippen molar-refractivity contribution in [1.29, 1.82) is 0 Å². The second kappa shape index (κ2) is 6.06. The molecule has 1 aliphatic rings. The van der Waals surface area contributed by atoms with Crippen LogP contribution in [0.25, 0.3) is 0 Å². The number of rotatable bonds is 3. The highest BCUT2D eigenvalue weighted by Gasteiger charge is 2.16. The smallest absolute Gasteiger partial charge is 0.219 e. The third kappa shape index (κ3) is 3.17. The summed E-state index contributed by atoms with van der Waals surface area (Å²) in [4.78, 5) is 4.65. The molecule has 1 fully saturated rings. The molecule has 2 heterocycles. The summed E-state index contributed by atoms with van der Waals surface area (Å²) in [6.45, 7) is 4.20. The first kappa shape index (κ1) is 13.1. The summed E-state index contributed by atoms with van der Waals surface area (Å²) in [6, 6.07) is 14.1. The van der Waals surface area contributed by atoms with Crippen LogP contribution in [-0.2, 0) is 0 Å². The monoisotopic (exact) mass is 268 g/mol. The van der Waals surface area contributed by atoms with Crippen LogP contribution in [0.2, 0.25) is 0 Å². The lowest BCUT2D eigenvalue weighted by atomic mass is 9.96. The summed E-state index contributed by atoms with van der Waals surface area (Å²) < 4.78 is 5.83. The van der Waals surface area contributed by atoms with Gasteiger partial charge in [-0.3, -0.25) is 0 Å². The van der Waals surface area contributed by atoms with Gasteiger partial charge in [-0.2, -0.15) is 0 Å². The van der Waals surface area contributed by atoms with Crippen LogP contribution in [0.4, 0.5) is 0 Å². The normalized spacial score (nSPS) is 18.8. The van der Waals surface area contributed by atoms with E-state index in [0.717, 1.165) is 24.5 Å². The van der Waals surface area contributed by atoms with Crippen molar-refractivity contribution in [3.05, 3.63) is 53.7 Å². The van der Waals surface area contributed by atoms with Gasteiger partial charge in [0.25, 0.3) is 0 Å². The molecule has 104 valence electrons. The molecule has 1 aliphatic heterocycles. The van der Waals surface area contributed by atoms with Crippen LogP contribution in [0.1, 0.15) is 30.0 Å². The molecule has 0 saturated carbocycles. The number of benzene rings is 1. The molecule has 0 radical (unpaired) electrons. The number of nitrogens with one attached hydrogen (secondary N) is 1. The predicted octanol–water partition coefficient (Wildman–Crippen LogP) is 3.65. The molecule has 1 atom stereocenters. The van der Waals surface area contributed by atoms with E-state index in [9.17, 15) is 0 Å². The Kier molecular flexibility index (Phi) is 3.97. The minimum absolute atomic E-state index is 0.505. The van der Waals surface area contributed by atoms with Crippen molar-refractivity contribution >= 4 is 0 Å². The van der Waals surface area contributed by atoms with Crippen LogP contribution >= 0.6 is 0 Å². The maximum absolute atomic E-state index is 5.83. The Morgan fingerprint density at radius 3 is 2.75 bits per heavy atom. The van der Waals surface area contributed by atoms with E-state index in [1.165, 1.54) is 18.4 Å². The predicted molar refractivity (Wildman–Crippen MR) is 80.3 cm³/mol. The van der Waals surface area contributed by atoms with Gasteiger partial charge in [-0.15, -0.1) is 0 Å². The van der Waals surface area contributed by atoms with E-state index < -0.39 is 0 Å². The van der Waals surface area contributed by atoms with Gasteiger partial charge in [0.05, 0.1) is 0 Å². The third-order valence-corrected chi connectivity index (χ3v) is 3.70. The highest BCUT2D eigenvalue weighted by atomic mass is 16.5. The molecular weight excluding hydrogens is 248 g/mol. The molecule has 3 nitrogen and oxygen atoms in total. The molecule has 3 heteroatoms. The maximum Gasteiger partial charge on any atom is 0.219 e. The van der Waals surface area contributed by atoms with Crippen LogP contribution in [0, 0.1) is 6.92 Å². The lowest BCUT2D eigenvalue weighted by molar-refractivity contribution is 0.435. The summed E-state index contributed by atoms with van der Waals surface area (Å²) in [5, 5.41) is 3.43. The summed E-state index contributed by atoms with van der Waals surface area (Å²) in [7, 11) is 0. The van der Waals surface area contributed by atoms with E-state index in [4.69, 9.17) is 4.74 Å². The number of pyridine rings is 1. The molecule has 3 rings (SSSR count). The summed E-state index contributed by atoms with van der Waals surface area (Å²) >= 11 is 0. The van der Waals surface area contributed by atoms with E-state index in [1.54, 1.807) is 0 Å². The number of ether oxygens (including phenoxy) is 1. The Balaban J connectivity index is 1.75. The summed E-state index contributed by atoms with van der Waals surface area (Å²) in [5.74, 6) is 2.02. The first-order chi connectivity index (χ1) is 9.81. The van der Waals surface area contributed by atoms with E-state index >= 15 is 0 Å². The van der Waals surface area contributed by atoms with Gasteiger partial charge in [-0.1, -0.05) is 23.8 Å². The van der Waals surface area contributed by atoms with Crippen molar-refractivity contribution < 1.29 is 4.74 Å². The van der Waals surface area contributed by atoms with E-state index in [1.807, 2.05) is 36.4 Å². The van der Waals surface area contributed by atoms with Crippen molar-refractivity contribution in [1.82, 2.24) is 10.3 Å². The van der Waals surface area contributed by atoms with Gasteiger partial charge < -0.3 is 10.1 Å². The van der Waals surface area contributed by atoms with E-state index in [0.29, 0.717) is 11.8 Å². The van der Waals surface area contributed by atoms with Gasteiger partial charge in [0, 0.05) is 24.2 Å². The van der Waals surface area contributed by atoms with Gasteiger partial charge in [0.2, 0.25) is 5.88 Å². The van der Waals surface area contributed by atoms with Gasteiger partial charge in [0.1, 0.15) is 5.75 Å². The highest BCUT2D eigenvalue weighted by molar-refractivity contribution is 5.30. The lowest BCUT2D eigenvalue weighted by Crippen LogP contribution is -2.28. The summed E-state index contributed by atoms with van der Waals surface area (Å²) in [6.07, 6.45) is 2.42. The molecule has 1 N–H and O–H groups in total. The van der Waals surface area contributed by atoms with Crippen LogP contribution in [0.5, 0.6) is 11.6 Å². The van der Waals surface area contributed by atoms with E-state index in [-0.39, 0.29) is 0 Å². The Morgan fingerprint density at radius 1 is 1.15 bits per heavy atom. The van der Waals surface area contributed by atoms with Crippen molar-refractivity contribution in [3.63, 3.8) is 0 Å². The first-order valence-electron chi connectivity index (χ1n) is 7.23. The third-order valence-electron chi connectivity index (χ3n) is 3.70. The Labute approximate surface area is 120 Å².